The first-order valence-electron chi connectivity index (χ1n) is 4.15. The summed E-state index contributed by atoms with van der Waals surface area (Å²) in [6, 6.07) is 0. The number of hydrogen-bond donors (Lipinski definition) is 4. The van der Waals surface area contributed by atoms with Crippen molar-refractivity contribution in [2.24, 2.45) is 0 Å². The van der Waals surface area contributed by atoms with E-state index in [0.29, 0.717) is 16.8 Å². The van der Waals surface area contributed by atoms with Crippen molar-refractivity contribution in [2.75, 3.05) is 0 Å². The van der Waals surface area contributed by atoms with E-state index < -0.39 is 5.09 Å². The van der Waals surface area contributed by atoms with Gasteiger partial charge in [-0.05, 0) is 6.92 Å². The van der Waals surface area contributed by atoms with E-state index in [0.717, 1.165) is 0 Å². The molecular formula is C8H12N2O6. The molecule has 0 saturated carbocycles. The maximum absolute atomic E-state index is 9.38. The Morgan fingerprint density at radius 3 is 2.31 bits per heavy atom. The number of aliphatic hydroxyl groups excluding tert-OH is 2. The molecule has 1 rings (SSSR count). The molecule has 0 aromatic carbocycles. The van der Waals surface area contributed by atoms with Crippen LogP contribution in [-0.2, 0) is 13.2 Å². The normalized spacial score (nSPS) is 9.19. The van der Waals surface area contributed by atoms with Gasteiger partial charge in [0.15, 0.2) is 0 Å². The molecule has 0 spiro atoms. The van der Waals surface area contributed by atoms with E-state index in [1.54, 1.807) is 6.92 Å². The highest BCUT2D eigenvalue weighted by Crippen LogP contribution is 2.23. The largest absolute Gasteiger partial charge is 0.506 e. The van der Waals surface area contributed by atoms with Crippen LogP contribution in [0.15, 0.2) is 6.20 Å². The van der Waals surface area contributed by atoms with Crippen LogP contribution in [0.3, 0.4) is 0 Å². The second-order valence-electron chi connectivity index (χ2n) is 2.75. The molecular weight excluding hydrogens is 220 g/mol. The molecule has 0 amide bonds. The molecule has 0 aliphatic heterocycles. The summed E-state index contributed by atoms with van der Waals surface area (Å²) in [7, 11) is 0. The lowest BCUT2D eigenvalue weighted by Crippen LogP contribution is -1.98. The molecule has 0 aliphatic carbocycles. The Labute approximate surface area is 90.5 Å². The molecule has 0 unspecified atom stereocenters. The van der Waals surface area contributed by atoms with Gasteiger partial charge in [-0.25, -0.2) is 0 Å². The minimum atomic E-state index is -1.50. The molecule has 1 aromatic heterocycles. The number of aromatic hydroxyl groups is 1. The van der Waals surface area contributed by atoms with Crippen LogP contribution in [0.1, 0.15) is 16.8 Å². The Bertz CT molecular complexity index is 364. The van der Waals surface area contributed by atoms with Crippen LogP contribution in [0.25, 0.3) is 0 Å². The summed E-state index contributed by atoms with van der Waals surface area (Å²) in [5.41, 5.74) is 1.27. The van der Waals surface area contributed by atoms with Gasteiger partial charge in [0.1, 0.15) is 5.75 Å². The Morgan fingerprint density at radius 2 is 1.94 bits per heavy atom. The number of pyridine rings is 1. The minimum Gasteiger partial charge on any atom is -0.506 e. The van der Waals surface area contributed by atoms with Gasteiger partial charge in [-0.15, -0.1) is 10.1 Å². The zero-order valence-corrected chi connectivity index (χ0v) is 8.49. The lowest BCUT2D eigenvalue weighted by atomic mass is 10.1. The van der Waals surface area contributed by atoms with Crippen LogP contribution in [0.5, 0.6) is 5.75 Å². The molecule has 16 heavy (non-hydrogen) atoms. The van der Waals surface area contributed by atoms with E-state index in [1.165, 1.54) is 6.20 Å². The van der Waals surface area contributed by atoms with E-state index in [2.05, 4.69) is 4.98 Å². The zero-order valence-electron chi connectivity index (χ0n) is 8.49. The Morgan fingerprint density at radius 1 is 1.44 bits per heavy atom. The monoisotopic (exact) mass is 232 g/mol. The second kappa shape index (κ2) is 6.53. The molecule has 1 aromatic rings. The molecule has 0 fully saturated rings. The van der Waals surface area contributed by atoms with Crippen LogP contribution in [0, 0.1) is 17.0 Å². The quantitative estimate of drug-likeness (QED) is 0.407. The first-order chi connectivity index (χ1) is 7.43. The highest BCUT2D eigenvalue weighted by atomic mass is 16.9. The van der Waals surface area contributed by atoms with Gasteiger partial charge in [0.05, 0.1) is 18.9 Å². The van der Waals surface area contributed by atoms with Crippen LogP contribution in [0.2, 0.25) is 0 Å². The lowest BCUT2D eigenvalue weighted by Gasteiger charge is -2.07. The van der Waals surface area contributed by atoms with Crippen LogP contribution in [-0.4, -0.2) is 30.6 Å². The maximum atomic E-state index is 9.38. The molecule has 0 bridgehead atoms. The fraction of sp³-hybridized carbons (Fsp3) is 0.375. The molecule has 8 nitrogen and oxygen atoms in total. The summed E-state index contributed by atoms with van der Waals surface area (Å²) in [6.07, 6.45) is 1.45. The van der Waals surface area contributed by atoms with Crippen molar-refractivity contribution in [3.63, 3.8) is 0 Å². The van der Waals surface area contributed by atoms with Gasteiger partial charge in [0.2, 0.25) is 0 Å². The van der Waals surface area contributed by atoms with E-state index in [-0.39, 0.29) is 19.0 Å². The Hall–Kier alpha value is -1.93. The van der Waals surface area contributed by atoms with Crippen LogP contribution in [0.4, 0.5) is 0 Å². The molecule has 0 radical (unpaired) electrons. The summed E-state index contributed by atoms with van der Waals surface area (Å²) in [6.45, 7) is 1.12. The maximum Gasteiger partial charge on any atom is 0.291 e. The number of hydrogen-bond acceptors (Lipinski definition) is 6. The van der Waals surface area contributed by atoms with Gasteiger partial charge < -0.3 is 20.5 Å². The van der Waals surface area contributed by atoms with Gasteiger partial charge in [-0.1, -0.05) is 0 Å². The predicted molar refractivity (Wildman–Crippen MR) is 51.3 cm³/mol. The molecule has 0 atom stereocenters. The predicted octanol–water partition coefficient (Wildman–Crippen LogP) is -0.267. The highest BCUT2D eigenvalue weighted by molar-refractivity contribution is 5.39. The number of aromatic nitrogens is 1. The lowest BCUT2D eigenvalue weighted by molar-refractivity contribution is -0.742. The third-order valence-corrected chi connectivity index (χ3v) is 1.76. The third-order valence-electron chi connectivity index (χ3n) is 1.76. The SMILES string of the molecule is Cc1ncc(CO)c(CO)c1O.O=[N+]([O-])O. The van der Waals surface area contributed by atoms with Crippen molar-refractivity contribution in [1.29, 1.82) is 0 Å². The fourth-order valence-electron chi connectivity index (χ4n) is 0.997. The number of rotatable bonds is 2. The van der Waals surface area contributed by atoms with Crippen LogP contribution < -0.4 is 0 Å². The molecule has 8 heteroatoms. The average molecular weight is 232 g/mol. The van der Waals surface area contributed by atoms with Crippen molar-refractivity contribution < 1.29 is 25.6 Å². The zero-order chi connectivity index (χ0) is 12.7. The highest BCUT2D eigenvalue weighted by Gasteiger charge is 2.09. The van der Waals surface area contributed by atoms with Crippen molar-refractivity contribution in [3.8, 4) is 5.75 Å². The van der Waals surface area contributed by atoms with Crippen molar-refractivity contribution in [3.05, 3.63) is 33.1 Å². The summed E-state index contributed by atoms with van der Waals surface area (Å²) >= 11 is 0. The molecule has 90 valence electrons. The third kappa shape index (κ3) is 4.07. The van der Waals surface area contributed by atoms with E-state index in [9.17, 15) is 5.11 Å². The summed E-state index contributed by atoms with van der Waals surface area (Å²) in [5, 5.41) is 40.7. The van der Waals surface area contributed by atoms with Gasteiger partial charge in [0.25, 0.3) is 5.09 Å². The first kappa shape index (κ1) is 14.1. The van der Waals surface area contributed by atoms with Gasteiger partial charge in [-0.2, -0.15) is 0 Å². The smallest absolute Gasteiger partial charge is 0.291 e. The van der Waals surface area contributed by atoms with Crippen molar-refractivity contribution in [2.45, 2.75) is 20.1 Å². The van der Waals surface area contributed by atoms with Crippen molar-refractivity contribution in [1.82, 2.24) is 4.98 Å². The average Bonchev–Trinajstić information content (AvgIpc) is 2.21. The number of nitrogens with zero attached hydrogens (tertiary/aromatic N) is 2. The van der Waals surface area contributed by atoms with Crippen LogP contribution >= 0.6 is 0 Å². The molecule has 0 aliphatic rings. The number of aryl methyl sites for hydroxylation is 1. The first-order valence-corrected chi connectivity index (χ1v) is 4.15. The summed E-state index contributed by atoms with van der Waals surface area (Å²) < 4.78 is 0. The summed E-state index contributed by atoms with van der Waals surface area (Å²) in [5.74, 6) is -0.0379. The second-order valence-corrected chi connectivity index (χ2v) is 2.75. The van der Waals surface area contributed by atoms with E-state index >= 15 is 0 Å². The van der Waals surface area contributed by atoms with E-state index in [4.69, 9.17) is 25.5 Å². The van der Waals surface area contributed by atoms with Gasteiger partial charge in [-0.3, -0.25) is 4.98 Å². The minimum absolute atomic E-state index is 0.0379. The fourth-order valence-corrected chi connectivity index (χ4v) is 0.997. The molecule has 4 N–H and O–H groups in total. The Kier molecular flexibility index (Phi) is 5.75. The van der Waals surface area contributed by atoms with Crippen molar-refractivity contribution >= 4 is 0 Å². The summed E-state index contributed by atoms with van der Waals surface area (Å²) in [4.78, 5) is 12.2. The van der Waals surface area contributed by atoms with Gasteiger partial charge >= 0.3 is 0 Å². The number of aliphatic hydroxyl groups is 2. The Balaban J connectivity index is 0.000000487. The van der Waals surface area contributed by atoms with Gasteiger partial charge in [0, 0.05) is 17.3 Å². The molecule has 0 saturated heterocycles. The standard InChI is InChI=1S/C8H11NO3.HNO3/c1-5-8(12)7(4-11)6(3-10)2-9-5;2-1(3)4/h2,10-12H,3-4H2,1H3;(H,2,3,4). The topological polar surface area (TPSA) is 137 Å². The van der Waals surface area contributed by atoms with E-state index in [1.807, 2.05) is 0 Å². The molecule has 1 heterocycles.